The Bertz CT molecular complexity index is 533. The molecule has 0 aromatic heterocycles. The van der Waals surface area contributed by atoms with Gasteiger partial charge in [-0.1, -0.05) is 0 Å². The number of hydrogen-bond acceptors (Lipinski definition) is 6. The summed E-state index contributed by atoms with van der Waals surface area (Å²) in [5.74, 6) is 0. The first-order valence-corrected chi connectivity index (χ1v) is 6.20. The summed E-state index contributed by atoms with van der Waals surface area (Å²) >= 11 is 0. The van der Waals surface area contributed by atoms with Crippen molar-refractivity contribution in [3.8, 4) is 0 Å². The van der Waals surface area contributed by atoms with Gasteiger partial charge in [-0.3, -0.25) is 0 Å². The topological polar surface area (TPSA) is 85.7 Å². The van der Waals surface area contributed by atoms with E-state index in [0.29, 0.717) is 0 Å². The van der Waals surface area contributed by atoms with Crippen LogP contribution in [0.1, 0.15) is 25.7 Å². The van der Waals surface area contributed by atoms with E-state index in [-0.39, 0.29) is 0 Å². The van der Waals surface area contributed by atoms with E-state index in [1.165, 1.54) is 0 Å². The fourth-order valence-corrected chi connectivity index (χ4v) is 1.83. The van der Waals surface area contributed by atoms with E-state index in [1.807, 2.05) is 24.3 Å². The van der Waals surface area contributed by atoms with Crippen LogP contribution >= 0.6 is 0 Å². The normalized spacial score (nSPS) is 20.1. The molecule has 0 aromatic rings. The number of azo groups is 2. The molecule has 2 aliphatic carbocycles. The molecular formula is C13H16N6. The van der Waals surface area contributed by atoms with Crippen LogP contribution in [0.3, 0.4) is 0 Å². The van der Waals surface area contributed by atoms with E-state index >= 15 is 0 Å². The monoisotopic (exact) mass is 256 g/mol. The van der Waals surface area contributed by atoms with Gasteiger partial charge in [-0.2, -0.15) is 25.6 Å². The molecule has 0 atom stereocenters. The Balaban J connectivity index is 1.99. The maximum Gasteiger partial charge on any atom is 0.0635 e. The molecule has 0 spiro atoms. The zero-order chi connectivity index (χ0) is 13.5. The second kappa shape index (κ2) is 6.63. The predicted molar refractivity (Wildman–Crippen MR) is 71.6 cm³/mol. The van der Waals surface area contributed by atoms with Crippen molar-refractivity contribution in [1.29, 1.82) is 5.53 Å². The Morgan fingerprint density at radius 1 is 0.737 bits per heavy atom. The van der Waals surface area contributed by atoms with Crippen molar-refractivity contribution in [2.45, 2.75) is 25.7 Å². The Morgan fingerprint density at radius 2 is 1.16 bits per heavy atom. The van der Waals surface area contributed by atoms with Crippen molar-refractivity contribution >= 4 is 0 Å². The van der Waals surface area contributed by atoms with E-state index in [1.54, 1.807) is 7.05 Å². The molecule has 19 heavy (non-hydrogen) atoms. The lowest BCUT2D eigenvalue weighted by molar-refractivity contribution is 0.803. The van der Waals surface area contributed by atoms with E-state index < -0.39 is 0 Å². The van der Waals surface area contributed by atoms with E-state index in [4.69, 9.17) is 5.53 Å². The van der Waals surface area contributed by atoms with Gasteiger partial charge in [-0.15, -0.1) is 0 Å². The highest BCUT2D eigenvalue weighted by Gasteiger charge is 2.07. The fourth-order valence-electron chi connectivity index (χ4n) is 1.83. The largest absolute Gasteiger partial charge is 0.205 e. The van der Waals surface area contributed by atoms with Gasteiger partial charge < -0.3 is 0 Å². The maximum absolute atomic E-state index is 6.92. The van der Waals surface area contributed by atoms with Gasteiger partial charge in [0.05, 0.1) is 22.8 Å². The van der Waals surface area contributed by atoms with Crippen LogP contribution in [0.15, 0.2) is 72.7 Å². The number of rotatable bonds is 4. The second-order valence-corrected chi connectivity index (χ2v) is 4.24. The average molecular weight is 256 g/mol. The lowest BCUT2D eigenvalue weighted by Crippen LogP contribution is -1.91. The Hall–Kier alpha value is -2.24. The minimum Gasteiger partial charge on any atom is -0.205 e. The predicted octanol–water partition coefficient (Wildman–Crippen LogP) is 4.67. The minimum atomic E-state index is 0.758. The molecule has 0 radical (unpaired) electrons. The summed E-state index contributed by atoms with van der Waals surface area (Å²) in [7, 11) is 1.67. The highest BCUT2D eigenvalue weighted by molar-refractivity contribution is 5.24. The Morgan fingerprint density at radius 3 is 1.53 bits per heavy atom. The van der Waals surface area contributed by atoms with Crippen LogP contribution in [-0.2, 0) is 0 Å². The van der Waals surface area contributed by atoms with Crippen molar-refractivity contribution in [2.75, 3.05) is 7.05 Å². The third-order valence-electron chi connectivity index (χ3n) is 2.89. The first-order valence-electron chi connectivity index (χ1n) is 6.20. The first kappa shape index (κ1) is 13.2. The van der Waals surface area contributed by atoms with Crippen LogP contribution in [0.5, 0.6) is 0 Å². The first-order chi connectivity index (χ1) is 9.31. The lowest BCUT2D eigenvalue weighted by atomic mass is 10.1. The molecule has 6 nitrogen and oxygen atoms in total. The molecule has 6 heteroatoms. The highest BCUT2D eigenvalue weighted by atomic mass is 15.1. The molecule has 0 amide bonds. The van der Waals surface area contributed by atoms with Crippen LogP contribution in [0.2, 0.25) is 0 Å². The standard InChI is InChI=1S/C13H16N6/c1-15-17-11-6-8-13(9-7-11)19-18-12-4-2-10(16-14)3-5-12/h2,4,6,8,14H,3,5,7,9H2,1H3. The molecule has 2 aliphatic rings. The molecule has 1 N–H and O–H groups in total. The van der Waals surface area contributed by atoms with Crippen LogP contribution in [0.4, 0.5) is 0 Å². The van der Waals surface area contributed by atoms with Gasteiger partial charge in [0.15, 0.2) is 0 Å². The average Bonchev–Trinajstić information content (AvgIpc) is 2.47. The lowest BCUT2D eigenvalue weighted by Gasteiger charge is -2.08. The number of hydrogen-bond donors (Lipinski definition) is 1. The molecular weight excluding hydrogens is 240 g/mol. The summed E-state index contributed by atoms with van der Waals surface area (Å²) in [6, 6.07) is 0. The van der Waals surface area contributed by atoms with Crippen LogP contribution in [0, 0.1) is 5.53 Å². The number of nitrogens with one attached hydrogen (secondary N) is 1. The molecule has 0 aromatic carbocycles. The van der Waals surface area contributed by atoms with E-state index in [2.05, 4.69) is 25.6 Å². The Labute approximate surface area is 111 Å². The van der Waals surface area contributed by atoms with Gasteiger partial charge in [0, 0.05) is 7.05 Å². The van der Waals surface area contributed by atoms with Crippen LogP contribution in [0.25, 0.3) is 0 Å². The van der Waals surface area contributed by atoms with Crippen molar-refractivity contribution in [2.24, 2.45) is 25.6 Å². The Kier molecular flexibility index (Phi) is 4.60. The second-order valence-electron chi connectivity index (χ2n) is 4.24. The van der Waals surface area contributed by atoms with Gasteiger partial charge in [0.2, 0.25) is 0 Å². The molecule has 0 saturated carbocycles. The quantitative estimate of drug-likeness (QED) is 0.708. The zero-order valence-electron chi connectivity index (χ0n) is 10.9. The molecule has 0 unspecified atom stereocenters. The summed E-state index contributed by atoms with van der Waals surface area (Å²) in [4.78, 5) is 0. The van der Waals surface area contributed by atoms with E-state index in [9.17, 15) is 0 Å². The molecule has 0 aliphatic heterocycles. The summed E-state index contributed by atoms with van der Waals surface area (Å²) in [5, 5.41) is 19.7. The van der Waals surface area contributed by atoms with Crippen LogP contribution < -0.4 is 0 Å². The summed E-state index contributed by atoms with van der Waals surface area (Å²) in [6.45, 7) is 0. The van der Waals surface area contributed by atoms with E-state index in [0.717, 1.165) is 48.5 Å². The third-order valence-corrected chi connectivity index (χ3v) is 2.89. The molecule has 2 rings (SSSR count). The number of allylic oxidation sites excluding steroid dienone is 8. The molecule has 0 heterocycles. The van der Waals surface area contributed by atoms with Gasteiger partial charge in [0.25, 0.3) is 0 Å². The summed E-state index contributed by atoms with van der Waals surface area (Å²) < 4.78 is 0. The summed E-state index contributed by atoms with van der Waals surface area (Å²) in [5.41, 5.74) is 10.6. The summed E-state index contributed by atoms with van der Waals surface area (Å²) in [6.07, 6.45) is 10.8. The smallest absolute Gasteiger partial charge is 0.0635 e. The SMILES string of the molecule is CN=NC1=CC=C(N=NC2=CC=C(N=N)CC2)CC1. The van der Waals surface area contributed by atoms with Gasteiger partial charge in [-0.25, -0.2) is 5.53 Å². The number of nitrogens with zero attached hydrogens (tertiary/aromatic N) is 5. The van der Waals surface area contributed by atoms with Crippen molar-refractivity contribution in [3.63, 3.8) is 0 Å². The van der Waals surface area contributed by atoms with Crippen LogP contribution in [-0.4, -0.2) is 7.05 Å². The minimum absolute atomic E-state index is 0.758. The van der Waals surface area contributed by atoms with Crippen molar-refractivity contribution < 1.29 is 0 Å². The highest BCUT2D eigenvalue weighted by Crippen LogP contribution is 2.23. The van der Waals surface area contributed by atoms with Gasteiger partial charge >= 0.3 is 0 Å². The third kappa shape index (κ3) is 3.87. The van der Waals surface area contributed by atoms with Crippen molar-refractivity contribution in [3.05, 3.63) is 47.1 Å². The van der Waals surface area contributed by atoms with Crippen molar-refractivity contribution in [1.82, 2.24) is 0 Å². The zero-order valence-corrected chi connectivity index (χ0v) is 10.9. The van der Waals surface area contributed by atoms with Gasteiger partial charge in [0.1, 0.15) is 0 Å². The molecule has 0 saturated heterocycles. The van der Waals surface area contributed by atoms with Gasteiger partial charge in [-0.05, 0) is 50.0 Å². The molecule has 0 bridgehead atoms. The maximum atomic E-state index is 6.92. The molecule has 98 valence electrons. The fraction of sp³-hybridized carbons (Fsp3) is 0.385. The molecule has 0 fully saturated rings.